The Kier molecular flexibility index (Phi) is 6.18. The zero-order valence-electron chi connectivity index (χ0n) is 23.8. The minimum atomic E-state index is -1.60. The lowest BCUT2D eigenvalue weighted by Crippen LogP contribution is -2.43. The SMILES string of the molecule is COC(=O)N1CCC[C@@H]1c1cc2c(S(C)=O)nc3c(F)c(-c4cccc5scnc45)ncc3c2n1[C@H]1[C@@H]2C[C@H]1N(C(=O)O)C2. The van der Waals surface area contributed by atoms with Crippen molar-refractivity contribution >= 4 is 66.3 Å². The lowest BCUT2D eigenvalue weighted by Gasteiger charge is -2.40. The molecule has 0 spiro atoms. The Morgan fingerprint density at radius 1 is 1.18 bits per heavy atom. The van der Waals surface area contributed by atoms with Crippen LogP contribution in [0.2, 0.25) is 0 Å². The topological polar surface area (TPSA) is 131 Å². The number of carboxylic acid groups (broad SMARTS) is 1. The Hall–Kier alpha value is -4.17. The summed E-state index contributed by atoms with van der Waals surface area (Å²) in [5, 5.41) is 11.2. The van der Waals surface area contributed by atoms with E-state index in [1.807, 2.05) is 18.2 Å². The van der Waals surface area contributed by atoms with E-state index in [2.05, 4.69) is 19.5 Å². The maximum absolute atomic E-state index is 16.6. The fourth-order valence-corrected chi connectivity index (χ4v) is 8.96. The van der Waals surface area contributed by atoms with Crippen LogP contribution < -0.4 is 0 Å². The summed E-state index contributed by atoms with van der Waals surface area (Å²) in [6.45, 7) is 0.893. The monoisotopic (exact) mass is 634 g/mol. The molecular weight excluding hydrogens is 607 g/mol. The summed E-state index contributed by atoms with van der Waals surface area (Å²) >= 11 is 1.45. The minimum absolute atomic E-state index is 0.0313. The van der Waals surface area contributed by atoms with Crippen LogP contribution >= 0.6 is 11.3 Å². The third-order valence-electron chi connectivity index (χ3n) is 9.45. The van der Waals surface area contributed by atoms with Gasteiger partial charge in [0.2, 0.25) is 0 Å². The third kappa shape index (κ3) is 3.76. The second kappa shape index (κ2) is 9.92. The van der Waals surface area contributed by atoms with Gasteiger partial charge in [0.05, 0.1) is 57.3 Å². The van der Waals surface area contributed by atoms with Gasteiger partial charge < -0.3 is 19.3 Å². The molecule has 14 heteroatoms. The highest BCUT2D eigenvalue weighted by atomic mass is 32.2. The molecule has 2 bridgehead atoms. The molecule has 4 aliphatic rings. The van der Waals surface area contributed by atoms with Crippen molar-refractivity contribution in [2.75, 3.05) is 26.5 Å². The van der Waals surface area contributed by atoms with E-state index in [0.717, 1.165) is 16.8 Å². The number of hydrogen-bond acceptors (Lipinski definition) is 8. The molecular formula is C30H27FN6O5S2. The van der Waals surface area contributed by atoms with Gasteiger partial charge in [0.15, 0.2) is 5.82 Å². The first kappa shape index (κ1) is 27.4. The molecule has 7 heterocycles. The Balaban J connectivity index is 1.43. The number of carbonyl (C=O) groups excluding carboxylic acids is 1. The number of ether oxygens (including phenoxy) is 1. The van der Waals surface area contributed by atoms with Crippen LogP contribution in [0.25, 0.3) is 43.3 Å². The van der Waals surface area contributed by atoms with Crippen molar-refractivity contribution in [2.24, 2.45) is 5.92 Å². The van der Waals surface area contributed by atoms with Crippen LogP contribution in [-0.2, 0) is 15.5 Å². The highest BCUT2D eigenvalue weighted by molar-refractivity contribution is 7.84. The lowest BCUT2D eigenvalue weighted by molar-refractivity contribution is 0.112. The maximum Gasteiger partial charge on any atom is 0.410 e. The van der Waals surface area contributed by atoms with Crippen LogP contribution in [0.5, 0.6) is 0 Å². The predicted molar refractivity (Wildman–Crippen MR) is 163 cm³/mol. The molecule has 1 unspecified atom stereocenters. The summed E-state index contributed by atoms with van der Waals surface area (Å²) < 4.78 is 37.9. The highest BCUT2D eigenvalue weighted by Crippen LogP contribution is 2.53. The van der Waals surface area contributed by atoms with Crippen molar-refractivity contribution in [3.8, 4) is 11.3 Å². The number of halogens is 1. The molecule has 3 saturated heterocycles. The van der Waals surface area contributed by atoms with Crippen LogP contribution in [0.15, 0.2) is 41.0 Å². The highest BCUT2D eigenvalue weighted by Gasteiger charge is 2.56. The minimum Gasteiger partial charge on any atom is -0.465 e. The normalized spacial score (nSPS) is 23.5. The van der Waals surface area contributed by atoms with Crippen molar-refractivity contribution in [3.05, 3.63) is 47.5 Å². The Morgan fingerprint density at radius 3 is 2.77 bits per heavy atom. The number of nitrogens with zero attached hydrogens (tertiary/aromatic N) is 6. The molecule has 5 atom stereocenters. The number of benzene rings is 1. The molecule has 0 radical (unpaired) electrons. The van der Waals surface area contributed by atoms with E-state index in [-0.39, 0.29) is 40.3 Å². The number of aromatic nitrogens is 4. The van der Waals surface area contributed by atoms with E-state index in [1.54, 1.807) is 22.7 Å². The van der Waals surface area contributed by atoms with E-state index >= 15 is 4.39 Å². The zero-order valence-corrected chi connectivity index (χ0v) is 25.4. The lowest BCUT2D eigenvalue weighted by atomic mass is 9.79. The van der Waals surface area contributed by atoms with E-state index in [0.29, 0.717) is 53.3 Å². The fourth-order valence-electron chi connectivity index (χ4n) is 7.57. The number of hydrogen-bond donors (Lipinski definition) is 1. The number of para-hydroxylation sites is 1. The van der Waals surface area contributed by atoms with Crippen LogP contribution in [0.4, 0.5) is 14.0 Å². The van der Waals surface area contributed by atoms with Gasteiger partial charge in [0, 0.05) is 53.5 Å². The molecule has 3 aliphatic heterocycles. The van der Waals surface area contributed by atoms with Gasteiger partial charge in [-0.2, -0.15) is 0 Å². The average Bonchev–Trinajstić information content (AvgIpc) is 3.83. The van der Waals surface area contributed by atoms with Gasteiger partial charge in [-0.15, -0.1) is 11.3 Å². The molecule has 5 aromatic rings. The first-order valence-electron chi connectivity index (χ1n) is 14.3. The van der Waals surface area contributed by atoms with Crippen molar-refractivity contribution in [1.29, 1.82) is 0 Å². The van der Waals surface area contributed by atoms with Crippen molar-refractivity contribution in [2.45, 2.75) is 42.4 Å². The molecule has 11 nitrogen and oxygen atoms in total. The number of fused-ring (bicyclic) bond motifs is 5. The fraction of sp³-hybridized carbons (Fsp3) is 0.367. The Morgan fingerprint density at radius 2 is 2.02 bits per heavy atom. The van der Waals surface area contributed by atoms with Gasteiger partial charge in [-0.25, -0.2) is 23.9 Å². The quantitative estimate of drug-likeness (QED) is 0.272. The van der Waals surface area contributed by atoms with Crippen LogP contribution in [0.1, 0.15) is 37.0 Å². The molecule has 4 aromatic heterocycles. The molecule has 1 saturated carbocycles. The Bertz CT molecular complexity index is 2060. The Labute approximate surface area is 256 Å². The van der Waals surface area contributed by atoms with Crippen LogP contribution in [0, 0.1) is 11.7 Å². The summed E-state index contributed by atoms with van der Waals surface area (Å²) in [5.41, 5.74) is 4.38. The van der Waals surface area contributed by atoms with E-state index in [1.165, 1.54) is 29.6 Å². The smallest absolute Gasteiger partial charge is 0.410 e. The number of amides is 2. The summed E-state index contributed by atoms with van der Waals surface area (Å²) in [6, 6.07) is 6.53. The number of likely N-dealkylation sites (tertiary alicyclic amines) is 1. The molecule has 1 aromatic carbocycles. The zero-order chi connectivity index (χ0) is 30.4. The first-order valence-corrected chi connectivity index (χ1v) is 16.8. The van der Waals surface area contributed by atoms with Crippen LogP contribution in [0.3, 0.4) is 0 Å². The number of carbonyl (C=O) groups is 2. The molecule has 1 aliphatic carbocycles. The van der Waals surface area contributed by atoms with E-state index in [9.17, 15) is 18.9 Å². The number of pyridine rings is 2. The summed E-state index contributed by atoms with van der Waals surface area (Å²) in [5.74, 6) is -0.608. The summed E-state index contributed by atoms with van der Waals surface area (Å²) in [4.78, 5) is 41.8. The van der Waals surface area contributed by atoms with Crippen molar-refractivity contribution in [1.82, 2.24) is 29.3 Å². The van der Waals surface area contributed by atoms with Gasteiger partial charge in [-0.05, 0) is 31.4 Å². The van der Waals surface area contributed by atoms with Gasteiger partial charge in [0.1, 0.15) is 16.2 Å². The van der Waals surface area contributed by atoms with Gasteiger partial charge in [0.25, 0.3) is 0 Å². The molecule has 226 valence electrons. The second-order valence-electron chi connectivity index (χ2n) is 11.6. The van der Waals surface area contributed by atoms with Crippen molar-refractivity contribution < 1.29 is 28.0 Å². The molecule has 2 amide bonds. The molecule has 4 fully saturated rings. The maximum atomic E-state index is 16.6. The third-order valence-corrected chi connectivity index (χ3v) is 11.1. The van der Waals surface area contributed by atoms with Gasteiger partial charge >= 0.3 is 12.2 Å². The summed E-state index contributed by atoms with van der Waals surface area (Å²) in [7, 11) is -0.250. The average molecular weight is 635 g/mol. The summed E-state index contributed by atoms with van der Waals surface area (Å²) in [6.07, 6.45) is 3.81. The van der Waals surface area contributed by atoms with E-state index < -0.39 is 28.8 Å². The van der Waals surface area contributed by atoms with Crippen molar-refractivity contribution in [3.63, 3.8) is 0 Å². The van der Waals surface area contributed by atoms with Crippen LogP contribution in [-0.4, -0.2) is 83.3 Å². The predicted octanol–water partition coefficient (Wildman–Crippen LogP) is 5.56. The molecule has 44 heavy (non-hydrogen) atoms. The molecule has 1 N–H and O–H groups in total. The number of thiazole rings is 1. The largest absolute Gasteiger partial charge is 0.465 e. The van der Waals surface area contributed by atoms with E-state index in [4.69, 9.17) is 4.74 Å². The molecule has 9 rings (SSSR count). The number of rotatable bonds is 4. The number of methoxy groups -OCH3 is 1. The first-order chi connectivity index (χ1) is 21.3. The second-order valence-corrected chi connectivity index (χ2v) is 13.8. The van der Waals surface area contributed by atoms with Gasteiger partial charge in [-0.1, -0.05) is 12.1 Å². The standard InChI is InChI=1S/C30H27FN6O5S2/c1-42-30(40)35-8-4-6-18(35)19-10-16-27(37(19)26-14-9-20(26)36(12-14)29(38)39)17-11-32-24(22(31)25(17)34-28(16)44(2)41)15-5-3-7-21-23(15)33-13-43-21/h3,5,7,10-11,13-14,18,20,26H,4,6,8-9,12H2,1-2H3,(H,38,39)/t14-,18-,20-,26+,44?/m1/s1. The van der Waals surface area contributed by atoms with Gasteiger partial charge in [-0.3, -0.25) is 14.1 Å².